The van der Waals surface area contributed by atoms with Crippen LogP contribution >= 0.6 is 12.4 Å². The number of nitrogens with two attached hydrogens (primary N) is 1. The van der Waals surface area contributed by atoms with Crippen molar-refractivity contribution in [2.45, 2.75) is 44.4 Å². The topological polar surface area (TPSA) is 64.8 Å². The minimum atomic E-state index is -0.449. The second-order valence-electron chi connectivity index (χ2n) is 5.66. The third-order valence-corrected chi connectivity index (χ3v) is 3.09. The molecule has 0 aromatic rings. The summed E-state index contributed by atoms with van der Waals surface area (Å²) in [5.41, 5.74) is 4.93. The first-order chi connectivity index (χ1) is 7.35. The van der Waals surface area contributed by atoms with E-state index >= 15 is 0 Å². The van der Waals surface area contributed by atoms with Crippen molar-refractivity contribution in [3.05, 3.63) is 0 Å². The number of amides is 1. The summed E-state index contributed by atoms with van der Waals surface area (Å²) in [5, 5.41) is 0. The molecular weight excluding hydrogens is 244 g/mol. The number of halogens is 1. The van der Waals surface area contributed by atoms with Crippen LogP contribution in [0.25, 0.3) is 0 Å². The number of morpholine rings is 1. The van der Waals surface area contributed by atoms with Gasteiger partial charge in [0, 0.05) is 13.0 Å². The first kappa shape index (κ1) is 14.5. The highest BCUT2D eigenvalue weighted by Gasteiger charge is 2.52. The molecule has 2 N–H and O–H groups in total. The maximum absolute atomic E-state index is 11.9. The minimum absolute atomic E-state index is 0. The summed E-state index contributed by atoms with van der Waals surface area (Å²) < 4.78 is 11.0. The zero-order chi connectivity index (χ0) is 12.0. The third kappa shape index (κ3) is 2.84. The van der Waals surface area contributed by atoms with Gasteiger partial charge in [0.05, 0.1) is 19.2 Å². The smallest absolute Gasteiger partial charge is 0.410 e. The molecule has 0 aliphatic carbocycles. The van der Waals surface area contributed by atoms with E-state index in [-0.39, 0.29) is 30.1 Å². The Kier molecular flexibility index (Phi) is 3.96. The van der Waals surface area contributed by atoms with Crippen molar-refractivity contribution < 1.29 is 14.3 Å². The second-order valence-corrected chi connectivity index (χ2v) is 5.66. The van der Waals surface area contributed by atoms with E-state index in [1.165, 1.54) is 0 Å². The van der Waals surface area contributed by atoms with Gasteiger partial charge in [0.1, 0.15) is 11.2 Å². The Hall–Kier alpha value is -0.520. The molecular formula is C11H21ClN2O3. The van der Waals surface area contributed by atoms with E-state index in [9.17, 15) is 4.79 Å². The van der Waals surface area contributed by atoms with Gasteiger partial charge in [-0.2, -0.15) is 0 Å². The van der Waals surface area contributed by atoms with E-state index in [0.29, 0.717) is 19.7 Å². The first-order valence-electron chi connectivity index (χ1n) is 5.69. The van der Waals surface area contributed by atoms with Crippen molar-refractivity contribution in [2.24, 2.45) is 5.73 Å². The van der Waals surface area contributed by atoms with Crippen LogP contribution in [0, 0.1) is 0 Å². The summed E-state index contributed by atoms with van der Waals surface area (Å²) in [6.45, 7) is 7.21. The van der Waals surface area contributed by atoms with E-state index in [1.807, 2.05) is 20.8 Å². The molecule has 100 valence electrons. The Morgan fingerprint density at radius 1 is 1.59 bits per heavy atom. The van der Waals surface area contributed by atoms with E-state index in [1.54, 1.807) is 4.90 Å². The van der Waals surface area contributed by atoms with E-state index in [0.717, 1.165) is 6.42 Å². The number of rotatable bonds is 1. The molecule has 2 fully saturated rings. The van der Waals surface area contributed by atoms with Crippen molar-refractivity contribution in [2.75, 3.05) is 19.7 Å². The normalized spacial score (nSPS) is 31.3. The number of carbonyl (C=O) groups is 1. The standard InChI is InChI=1S/C11H20N2O3.ClH/c1-10(2,3)16-9(14)13-7-11(6-12)4-8(13)5-15-11;/h8H,4-7,12H2,1-3H3;1H. The lowest BCUT2D eigenvalue weighted by atomic mass is 10.0. The molecule has 2 saturated heterocycles. The number of hydrogen-bond donors (Lipinski definition) is 1. The molecule has 2 rings (SSSR count). The molecule has 2 heterocycles. The number of nitrogens with zero attached hydrogens (tertiary/aromatic N) is 1. The van der Waals surface area contributed by atoms with Crippen LogP contribution in [0.15, 0.2) is 0 Å². The van der Waals surface area contributed by atoms with Gasteiger partial charge in [-0.15, -0.1) is 12.4 Å². The predicted octanol–water partition coefficient (Wildman–Crippen LogP) is 1.15. The average molecular weight is 265 g/mol. The van der Waals surface area contributed by atoms with Crippen molar-refractivity contribution >= 4 is 18.5 Å². The van der Waals surface area contributed by atoms with Crippen LogP contribution in [0.1, 0.15) is 27.2 Å². The molecule has 0 spiro atoms. The third-order valence-electron chi connectivity index (χ3n) is 3.09. The number of fused-ring (bicyclic) bond motifs is 2. The molecule has 6 heteroatoms. The largest absolute Gasteiger partial charge is 0.444 e. The highest BCUT2D eigenvalue weighted by atomic mass is 35.5. The van der Waals surface area contributed by atoms with Crippen LogP contribution in [0.4, 0.5) is 4.79 Å². The fraction of sp³-hybridized carbons (Fsp3) is 0.909. The number of ether oxygens (including phenoxy) is 2. The Morgan fingerprint density at radius 2 is 2.24 bits per heavy atom. The lowest BCUT2D eigenvalue weighted by Gasteiger charge is -2.33. The first-order valence-corrected chi connectivity index (χ1v) is 5.69. The zero-order valence-electron chi connectivity index (χ0n) is 10.6. The highest BCUT2D eigenvalue weighted by molar-refractivity contribution is 5.85. The SMILES string of the molecule is CC(C)(C)OC(=O)N1CC2(CN)CC1CO2.Cl. The quantitative estimate of drug-likeness (QED) is 0.772. The van der Waals surface area contributed by atoms with E-state index in [4.69, 9.17) is 15.2 Å². The molecule has 2 aliphatic rings. The second kappa shape index (κ2) is 4.63. The molecule has 2 bridgehead atoms. The summed E-state index contributed by atoms with van der Waals surface area (Å²) in [4.78, 5) is 13.7. The predicted molar refractivity (Wildman–Crippen MR) is 66.3 cm³/mol. The van der Waals surface area contributed by atoms with Crippen LogP contribution in [-0.2, 0) is 9.47 Å². The molecule has 1 amide bonds. The summed E-state index contributed by atoms with van der Waals surface area (Å²) in [5.74, 6) is 0. The van der Waals surface area contributed by atoms with Gasteiger partial charge in [0.15, 0.2) is 0 Å². The van der Waals surface area contributed by atoms with Crippen molar-refractivity contribution in [3.63, 3.8) is 0 Å². The van der Waals surface area contributed by atoms with E-state index < -0.39 is 5.60 Å². The van der Waals surface area contributed by atoms with E-state index in [2.05, 4.69) is 0 Å². The number of likely N-dealkylation sites (tertiary alicyclic amines) is 1. The summed E-state index contributed by atoms with van der Waals surface area (Å²) in [7, 11) is 0. The molecule has 0 aromatic heterocycles. The molecule has 0 aromatic carbocycles. The number of hydrogen-bond acceptors (Lipinski definition) is 4. The molecule has 17 heavy (non-hydrogen) atoms. The minimum Gasteiger partial charge on any atom is -0.444 e. The lowest BCUT2D eigenvalue weighted by molar-refractivity contribution is -0.0478. The van der Waals surface area contributed by atoms with Crippen LogP contribution in [-0.4, -0.2) is 47.9 Å². The van der Waals surface area contributed by atoms with Gasteiger partial charge in [-0.1, -0.05) is 0 Å². The molecule has 2 unspecified atom stereocenters. The van der Waals surface area contributed by atoms with Crippen LogP contribution in [0.2, 0.25) is 0 Å². The van der Waals surface area contributed by atoms with Crippen LogP contribution < -0.4 is 5.73 Å². The van der Waals surface area contributed by atoms with Crippen molar-refractivity contribution in [3.8, 4) is 0 Å². The fourth-order valence-corrected chi connectivity index (χ4v) is 2.31. The fourth-order valence-electron chi connectivity index (χ4n) is 2.31. The summed E-state index contributed by atoms with van der Waals surface area (Å²) in [6.07, 6.45) is 0.582. The molecule has 0 saturated carbocycles. The Morgan fingerprint density at radius 3 is 2.71 bits per heavy atom. The van der Waals surface area contributed by atoms with Gasteiger partial charge in [0.2, 0.25) is 0 Å². The molecule has 2 atom stereocenters. The van der Waals surface area contributed by atoms with Crippen LogP contribution in [0.5, 0.6) is 0 Å². The van der Waals surface area contributed by atoms with Crippen LogP contribution in [0.3, 0.4) is 0 Å². The van der Waals surface area contributed by atoms with Gasteiger partial charge in [-0.25, -0.2) is 4.79 Å². The summed E-state index contributed by atoms with van der Waals surface area (Å²) in [6, 6.07) is 0.137. The van der Waals surface area contributed by atoms with Gasteiger partial charge >= 0.3 is 6.09 Å². The lowest BCUT2D eigenvalue weighted by Crippen LogP contribution is -2.49. The van der Waals surface area contributed by atoms with Gasteiger partial charge < -0.3 is 15.2 Å². The Labute approximate surface area is 108 Å². The van der Waals surface area contributed by atoms with Gasteiger partial charge in [0.25, 0.3) is 0 Å². The van der Waals surface area contributed by atoms with Gasteiger partial charge in [-0.05, 0) is 20.8 Å². The number of carbonyl (C=O) groups excluding carboxylic acids is 1. The van der Waals surface area contributed by atoms with Crippen molar-refractivity contribution in [1.29, 1.82) is 0 Å². The molecule has 5 nitrogen and oxygen atoms in total. The summed E-state index contributed by atoms with van der Waals surface area (Å²) >= 11 is 0. The monoisotopic (exact) mass is 264 g/mol. The average Bonchev–Trinajstić information content (AvgIpc) is 2.72. The zero-order valence-corrected chi connectivity index (χ0v) is 11.4. The highest BCUT2D eigenvalue weighted by Crippen LogP contribution is 2.37. The maximum atomic E-state index is 11.9. The van der Waals surface area contributed by atoms with Crippen molar-refractivity contribution in [1.82, 2.24) is 4.90 Å². The molecule has 0 radical (unpaired) electrons. The Balaban J connectivity index is 0.00000144. The molecule has 2 aliphatic heterocycles. The maximum Gasteiger partial charge on any atom is 0.410 e. The van der Waals surface area contributed by atoms with Gasteiger partial charge in [-0.3, -0.25) is 4.90 Å². The Bertz CT molecular complexity index is 306.